The quantitative estimate of drug-likeness (QED) is 0.576. The summed E-state index contributed by atoms with van der Waals surface area (Å²) in [6, 6.07) is 12.5. The number of ether oxygens (including phenoxy) is 1. The number of esters is 1. The Balaban J connectivity index is 1.63. The molecule has 30 heavy (non-hydrogen) atoms. The van der Waals surface area contributed by atoms with E-state index in [-0.39, 0.29) is 6.61 Å². The van der Waals surface area contributed by atoms with Crippen molar-refractivity contribution in [3.05, 3.63) is 47.0 Å². The molecule has 1 fully saturated rings. The van der Waals surface area contributed by atoms with Gasteiger partial charge in [0.15, 0.2) is 0 Å². The predicted octanol–water partition coefficient (Wildman–Crippen LogP) is 2.32. The lowest BCUT2D eigenvalue weighted by atomic mass is 9.98. The van der Waals surface area contributed by atoms with E-state index in [0.29, 0.717) is 37.6 Å². The minimum absolute atomic E-state index is 0.178. The molecular formula is C23H24N4O3. The topological polar surface area (TPSA) is 86.5 Å². The van der Waals surface area contributed by atoms with Gasteiger partial charge in [-0.1, -0.05) is 30.3 Å². The van der Waals surface area contributed by atoms with Crippen molar-refractivity contribution in [1.82, 2.24) is 9.88 Å². The minimum Gasteiger partial charge on any atom is -0.459 e. The molecule has 7 heteroatoms. The molecule has 7 nitrogen and oxygen atoms in total. The molecule has 2 aromatic rings. The molecule has 2 aliphatic rings. The third-order valence-corrected chi connectivity index (χ3v) is 5.72. The largest absolute Gasteiger partial charge is 0.459 e. The first-order chi connectivity index (χ1) is 14.6. The van der Waals surface area contributed by atoms with Gasteiger partial charge >= 0.3 is 11.9 Å². The van der Waals surface area contributed by atoms with Crippen LogP contribution in [-0.2, 0) is 27.2 Å². The fraction of sp³-hybridized carbons (Fsp3) is 0.391. The number of aromatic nitrogens is 1. The average molecular weight is 404 g/mol. The van der Waals surface area contributed by atoms with Gasteiger partial charge in [0, 0.05) is 31.7 Å². The van der Waals surface area contributed by atoms with E-state index in [1.807, 2.05) is 30.3 Å². The van der Waals surface area contributed by atoms with Crippen molar-refractivity contribution in [1.29, 1.82) is 5.26 Å². The van der Waals surface area contributed by atoms with E-state index in [1.54, 1.807) is 6.92 Å². The van der Waals surface area contributed by atoms with Gasteiger partial charge in [0.1, 0.15) is 11.9 Å². The van der Waals surface area contributed by atoms with E-state index in [2.05, 4.69) is 11.0 Å². The first kappa shape index (κ1) is 19.9. The Labute approximate surface area is 175 Å². The number of hydrogen-bond acceptors (Lipinski definition) is 6. The summed E-state index contributed by atoms with van der Waals surface area (Å²) in [5.41, 5.74) is 4.93. The lowest BCUT2D eigenvalue weighted by Gasteiger charge is -2.35. The summed E-state index contributed by atoms with van der Waals surface area (Å²) in [7, 11) is 0. The zero-order chi connectivity index (χ0) is 21.1. The summed E-state index contributed by atoms with van der Waals surface area (Å²) in [6.45, 7) is 3.66. The van der Waals surface area contributed by atoms with Crippen LogP contribution in [0.5, 0.6) is 0 Å². The summed E-state index contributed by atoms with van der Waals surface area (Å²) < 4.78 is 4.82. The summed E-state index contributed by atoms with van der Waals surface area (Å²) in [6.07, 6.45) is 2.84. The van der Waals surface area contributed by atoms with Crippen molar-refractivity contribution in [2.75, 3.05) is 37.7 Å². The molecule has 1 amide bonds. The van der Waals surface area contributed by atoms with E-state index in [4.69, 9.17) is 9.72 Å². The number of fused-ring (bicyclic) bond motifs is 1. The first-order valence-corrected chi connectivity index (χ1v) is 10.4. The molecule has 0 N–H and O–H groups in total. The van der Waals surface area contributed by atoms with Crippen LogP contribution in [0, 0.1) is 11.3 Å². The fourth-order valence-electron chi connectivity index (χ4n) is 4.27. The Morgan fingerprint density at radius 3 is 2.47 bits per heavy atom. The molecule has 0 bridgehead atoms. The highest BCUT2D eigenvalue weighted by Gasteiger charge is 2.31. The van der Waals surface area contributed by atoms with Crippen molar-refractivity contribution in [3.63, 3.8) is 0 Å². The van der Waals surface area contributed by atoms with Crippen molar-refractivity contribution >= 4 is 17.7 Å². The van der Waals surface area contributed by atoms with Crippen molar-refractivity contribution in [2.45, 2.75) is 26.2 Å². The summed E-state index contributed by atoms with van der Waals surface area (Å²) in [5.74, 6) is -0.741. The maximum atomic E-state index is 12.2. The highest BCUT2D eigenvalue weighted by Crippen LogP contribution is 2.37. The van der Waals surface area contributed by atoms with E-state index >= 15 is 0 Å². The van der Waals surface area contributed by atoms with Crippen molar-refractivity contribution in [3.8, 4) is 17.3 Å². The number of benzene rings is 1. The minimum atomic E-state index is -0.814. The van der Waals surface area contributed by atoms with Crippen LogP contribution >= 0.6 is 0 Å². The number of carbonyl (C=O) groups is 2. The molecule has 2 heterocycles. The van der Waals surface area contributed by atoms with Gasteiger partial charge in [-0.3, -0.25) is 4.79 Å². The molecule has 1 aromatic heterocycles. The maximum Gasteiger partial charge on any atom is 0.397 e. The predicted molar refractivity (Wildman–Crippen MR) is 112 cm³/mol. The zero-order valence-electron chi connectivity index (χ0n) is 17.1. The molecule has 1 aliphatic heterocycles. The zero-order valence-corrected chi connectivity index (χ0v) is 17.1. The van der Waals surface area contributed by atoms with Crippen molar-refractivity contribution < 1.29 is 14.3 Å². The van der Waals surface area contributed by atoms with Gasteiger partial charge in [-0.2, -0.15) is 5.26 Å². The Morgan fingerprint density at radius 2 is 1.80 bits per heavy atom. The number of nitriles is 1. The third kappa shape index (κ3) is 3.61. The highest BCUT2D eigenvalue weighted by molar-refractivity contribution is 6.32. The number of rotatable bonds is 3. The Hall–Kier alpha value is -3.40. The summed E-state index contributed by atoms with van der Waals surface area (Å²) in [4.78, 5) is 32.5. The first-order valence-electron chi connectivity index (χ1n) is 10.4. The normalized spacial score (nSPS) is 15.5. The molecule has 0 atom stereocenters. The molecule has 0 saturated carbocycles. The van der Waals surface area contributed by atoms with Crippen LogP contribution in [0.2, 0.25) is 0 Å². The molecule has 0 unspecified atom stereocenters. The van der Waals surface area contributed by atoms with Gasteiger partial charge in [-0.15, -0.1) is 0 Å². The van der Waals surface area contributed by atoms with E-state index < -0.39 is 11.9 Å². The lowest BCUT2D eigenvalue weighted by Crippen LogP contribution is -2.51. The van der Waals surface area contributed by atoms with Crippen LogP contribution in [-0.4, -0.2) is 54.5 Å². The lowest BCUT2D eigenvalue weighted by molar-refractivity contribution is -0.160. The van der Waals surface area contributed by atoms with E-state index in [0.717, 1.165) is 36.1 Å². The van der Waals surface area contributed by atoms with Crippen LogP contribution in [0.3, 0.4) is 0 Å². The van der Waals surface area contributed by atoms with Gasteiger partial charge in [0.2, 0.25) is 0 Å². The highest BCUT2D eigenvalue weighted by atomic mass is 16.5. The van der Waals surface area contributed by atoms with E-state index in [1.165, 1.54) is 10.5 Å². The van der Waals surface area contributed by atoms with Crippen LogP contribution < -0.4 is 4.90 Å². The Bertz CT molecular complexity index is 1010. The molecular weight excluding hydrogens is 380 g/mol. The molecule has 4 rings (SSSR count). The van der Waals surface area contributed by atoms with Crippen molar-refractivity contribution in [2.24, 2.45) is 0 Å². The van der Waals surface area contributed by atoms with Gasteiger partial charge in [0.25, 0.3) is 0 Å². The number of nitrogens with zero attached hydrogens (tertiary/aromatic N) is 4. The van der Waals surface area contributed by atoms with Crippen LogP contribution in [0.25, 0.3) is 11.3 Å². The molecule has 154 valence electrons. The second kappa shape index (κ2) is 8.54. The fourth-order valence-corrected chi connectivity index (χ4v) is 4.27. The SMILES string of the molecule is CCOC(=O)C(=O)N1CCN(c2nc(-c3ccccc3)c3c(c2C#N)CCC3)CC1. The van der Waals surface area contributed by atoms with Crippen LogP contribution in [0.1, 0.15) is 30.0 Å². The van der Waals surface area contributed by atoms with Gasteiger partial charge in [-0.25, -0.2) is 9.78 Å². The Morgan fingerprint density at radius 1 is 1.10 bits per heavy atom. The van der Waals surface area contributed by atoms with Gasteiger partial charge in [0.05, 0.1) is 17.9 Å². The summed E-state index contributed by atoms with van der Waals surface area (Å²) in [5, 5.41) is 9.90. The second-order valence-corrected chi connectivity index (χ2v) is 7.45. The number of hydrogen-bond donors (Lipinski definition) is 0. The standard InChI is InChI=1S/C23H24N4O3/c1-2-30-23(29)22(28)27-13-11-26(12-14-27)21-19(15-24)17-9-6-10-18(17)20(25-21)16-7-4-3-5-8-16/h3-5,7-8H,2,6,9-14H2,1H3. The third-order valence-electron chi connectivity index (χ3n) is 5.72. The van der Waals surface area contributed by atoms with Gasteiger partial charge in [-0.05, 0) is 37.3 Å². The molecule has 1 aromatic carbocycles. The number of carbonyl (C=O) groups excluding carboxylic acids is 2. The average Bonchev–Trinajstić information content (AvgIpc) is 3.28. The second-order valence-electron chi connectivity index (χ2n) is 7.45. The molecule has 1 aliphatic carbocycles. The molecule has 0 radical (unpaired) electrons. The monoisotopic (exact) mass is 404 g/mol. The number of amides is 1. The van der Waals surface area contributed by atoms with Crippen LogP contribution in [0.4, 0.5) is 5.82 Å². The number of piperazine rings is 1. The molecule has 1 saturated heterocycles. The van der Waals surface area contributed by atoms with E-state index in [9.17, 15) is 14.9 Å². The van der Waals surface area contributed by atoms with Crippen LogP contribution in [0.15, 0.2) is 30.3 Å². The maximum absolute atomic E-state index is 12.2. The smallest absolute Gasteiger partial charge is 0.397 e. The molecule has 0 spiro atoms. The van der Waals surface area contributed by atoms with Gasteiger partial charge < -0.3 is 14.5 Å². The Kier molecular flexibility index (Phi) is 5.66. The number of pyridine rings is 1. The summed E-state index contributed by atoms with van der Waals surface area (Å²) >= 11 is 0. The number of anilines is 1.